The molecule has 2 heterocycles. The Balaban J connectivity index is 1.67. The lowest BCUT2D eigenvalue weighted by atomic mass is 10.1. The fourth-order valence-corrected chi connectivity index (χ4v) is 3.56. The highest BCUT2D eigenvalue weighted by Gasteiger charge is 2.16. The lowest BCUT2D eigenvalue weighted by molar-refractivity contribution is 0.0935. The third kappa shape index (κ3) is 4.14. The van der Waals surface area contributed by atoms with Gasteiger partial charge in [0.05, 0.1) is 17.3 Å². The third-order valence-corrected chi connectivity index (χ3v) is 5.25. The monoisotopic (exact) mass is 370 g/mol. The molecular weight excluding hydrogens is 348 g/mol. The first kappa shape index (κ1) is 18.2. The Bertz CT molecular complexity index is 852. The van der Waals surface area contributed by atoms with Gasteiger partial charge in [0.25, 0.3) is 5.91 Å². The normalized spacial score (nSPS) is 12.0. The van der Waals surface area contributed by atoms with Crippen molar-refractivity contribution in [2.75, 3.05) is 0 Å². The third-order valence-electron chi connectivity index (χ3n) is 4.26. The summed E-state index contributed by atoms with van der Waals surface area (Å²) in [4.78, 5) is 13.8. The largest absolute Gasteiger partial charge is 0.489 e. The van der Waals surface area contributed by atoms with Crippen LogP contribution in [0.5, 0.6) is 5.75 Å². The summed E-state index contributed by atoms with van der Waals surface area (Å²) in [5.74, 6) is 1.29. The molecule has 0 fully saturated rings. The summed E-state index contributed by atoms with van der Waals surface area (Å²) in [7, 11) is 0. The molecule has 5 nitrogen and oxygen atoms in total. The standard InChI is InChI=1S/C20H22N2O3S/c1-4-18(19-9-6-10-26-19)21-20(23)15-7-5-8-16(11-15)24-12-17-13(2)22-25-14(17)3/h5-11,18H,4,12H2,1-3H3,(H,21,23). The van der Waals surface area contributed by atoms with Crippen molar-refractivity contribution in [2.45, 2.75) is 39.8 Å². The lowest BCUT2D eigenvalue weighted by Crippen LogP contribution is -2.27. The van der Waals surface area contributed by atoms with Crippen LogP contribution in [0, 0.1) is 13.8 Å². The molecule has 0 aliphatic carbocycles. The van der Waals surface area contributed by atoms with Crippen molar-refractivity contribution in [3.05, 3.63) is 69.2 Å². The summed E-state index contributed by atoms with van der Waals surface area (Å²) in [6.45, 7) is 6.17. The van der Waals surface area contributed by atoms with Crippen molar-refractivity contribution in [3.63, 3.8) is 0 Å². The summed E-state index contributed by atoms with van der Waals surface area (Å²) in [6, 6.07) is 11.3. The van der Waals surface area contributed by atoms with Crippen molar-refractivity contribution >= 4 is 17.2 Å². The summed E-state index contributed by atoms with van der Waals surface area (Å²) in [5, 5.41) is 9.04. The predicted octanol–water partition coefficient (Wildman–Crippen LogP) is 4.81. The van der Waals surface area contributed by atoms with E-state index in [0.717, 1.165) is 28.3 Å². The molecule has 2 aromatic heterocycles. The molecule has 0 spiro atoms. The molecule has 6 heteroatoms. The van der Waals surface area contributed by atoms with Crippen LogP contribution in [-0.4, -0.2) is 11.1 Å². The molecule has 1 amide bonds. The molecule has 1 atom stereocenters. The Labute approximate surface area is 157 Å². The highest BCUT2D eigenvalue weighted by Crippen LogP contribution is 2.23. The number of aromatic nitrogens is 1. The Morgan fingerprint density at radius 3 is 2.81 bits per heavy atom. The molecule has 0 bridgehead atoms. The van der Waals surface area contributed by atoms with E-state index in [0.29, 0.717) is 17.9 Å². The number of nitrogens with zero attached hydrogens (tertiary/aromatic N) is 1. The Kier molecular flexibility index (Phi) is 5.73. The van der Waals surface area contributed by atoms with Crippen LogP contribution >= 0.6 is 11.3 Å². The molecule has 0 saturated heterocycles. The van der Waals surface area contributed by atoms with Gasteiger partial charge in [0.2, 0.25) is 0 Å². The van der Waals surface area contributed by atoms with E-state index < -0.39 is 0 Å². The number of nitrogens with one attached hydrogen (secondary N) is 1. The molecule has 26 heavy (non-hydrogen) atoms. The number of rotatable bonds is 7. The van der Waals surface area contributed by atoms with Gasteiger partial charge in [0.1, 0.15) is 18.1 Å². The average molecular weight is 370 g/mol. The molecule has 136 valence electrons. The van der Waals surface area contributed by atoms with Crippen LogP contribution in [0.2, 0.25) is 0 Å². The molecule has 0 saturated carbocycles. The number of hydrogen-bond donors (Lipinski definition) is 1. The number of benzene rings is 1. The van der Waals surface area contributed by atoms with Gasteiger partial charge in [-0.15, -0.1) is 11.3 Å². The number of carbonyl (C=O) groups excluding carboxylic acids is 1. The number of ether oxygens (including phenoxy) is 1. The second-order valence-electron chi connectivity index (χ2n) is 6.07. The highest BCUT2D eigenvalue weighted by molar-refractivity contribution is 7.10. The van der Waals surface area contributed by atoms with Crippen LogP contribution in [-0.2, 0) is 6.61 Å². The van der Waals surface area contributed by atoms with Gasteiger partial charge in [-0.2, -0.15) is 0 Å². The van der Waals surface area contributed by atoms with Crippen LogP contribution < -0.4 is 10.1 Å². The first-order valence-corrected chi connectivity index (χ1v) is 9.45. The zero-order chi connectivity index (χ0) is 18.5. The molecule has 1 N–H and O–H groups in total. The summed E-state index contributed by atoms with van der Waals surface area (Å²) in [5.41, 5.74) is 2.33. The molecule has 1 aromatic carbocycles. The van der Waals surface area contributed by atoms with Crippen molar-refractivity contribution < 1.29 is 14.1 Å². The second-order valence-corrected chi connectivity index (χ2v) is 7.05. The van der Waals surface area contributed by atoms with E-state index in [1.165, 1.54) is 0 Å². The van der Waals surface area contributed by atoms with Crippen molar-refractivity contribution in [2.24, 2.45) is 0 Å². The van der Waals surface area contributed by atoms with Gasteiger partial charge < -0.3 is 14.6 Å². The average Bonchev–Trinajstić information content (AvgIpc) is 3.29. The maximum absolute atomic E-state index is 12.6. The van der Waals surface area contributed by atoms with E-state index in [1.54, 1.807) is 23.5 Å². The summed E-state index contributed by atoms with van der Waals surface area (Å²) in [6.07, 6.45) is 0.842. The van der Waals surface area contributed by atoms with Gasteiger partial charge in [-0.25, -0.2) is 0 Å². The Morgan fingerprint density at radius 2 is 2.15 bits per heavy atom. The van der Waals surface area contributed by atoms with E-state index in [1.807, 2.05) is 43.5 Å². The van der Waals surface area contributed by atoms with E-state index in [2.05, 4.69) is 17.4 Å². The first-order chi connectivity index (χ1) is 12.6. The van der Waals surface area contributed by atoms with E-state index >= 15 is 0 Å². The Hall–Kier alpha value is -2.60. The molecule has 0 aliphatic rings. The molecule has 3 aromatic rings. The van der Waals surface area contributed by atoms with Crippen molar-refractivity contribution in [1.82, 2.24) is 10.5 Å². The predicted molar refractivity (Wildman–Crippen MR) is 102 cm³/mol. The summed E-state index contributed by atoms with van der Waals surface area (Å²) >= 11 is 1.65. The van der Waals surface area contributed by atoms with Crippen LogP contribution in [0.4, 0.5) is 0 Å². The van der Waals surface area contributed by atoms with Crippen LogP contribution in [0.1, 0.15) is 51.6 Å². The van der Waals surface area contributed by atoms with Crippen LogP contribution in [0.25, 0.3) is 0 Å². The number of hydrogen-bond acceptors (Lipinski definition) is 5. The smallest absolute Gasteiger partial charge is 0.251 e. The van der Waals surface area contributed by atoms with Crippen LogP contribution in [0.15, 0.2) is 46.3 Å². The zero-order valence-corrected chi connectivity index (χ0v) is 15.9. The highest BCUT2D eigenvalue weighted by atomic mass is 32.1. The number of amides is 1. The molecule has 3 rings (SSSR count). The number of carbonyl (C=O) groups is 1. The SMILES string of the molecule is CCC(NC(=O)c1cccc(OCc2c(C)noc2C)c1)c1cccs1. The van der Waals surface area contributed by atoms with E-state index in [4.69, 9.17) is 9.26 Å². The van der Waals surface area contributed by atoms with Gasteiger partial charge in [0, 0.05) is 10.4 Å². The molecule has 0 radical (unpaired) electrons. The van der Waals surface area contributed by atoms with Gasteiger partial charge in [-0.3, -0.25) is 4.79 Å². The zero-order valence-electron chi connectivity index (χ0n) is 15.1. The fourth-order valence-electron chi connectivity index (χ4n) is 2.70. The second kappa shape index (κ2) is 8.19. The minimum atomic E-state index is -0.104. The fraction of sp³-hybridized carbons (Fsp3) is 0.300. The van der Waals surface area contributed by atoms with Gasteiger partial charge in [-0.1, -0.05) is 24.2 Å². The van der Waals surface area contributed by atoms with Gasteiger partial charge in [0.15, 0.2) is 0 Å². The maximum atomic E-state index is 12.6. The minimum Gasteiger partial charge on any atom is -0.489 e. The number of aryl methyl sites for hydroxylation is 2. The van der Waals surface area contributed by atoms with Crippen LogP contribution in [0.3, 0.4) is 0 Å². The molecule has 0 aliphatic heterocycles. The maximum Gasteiger partial charge on any atom is 0.251 e. The minimum absolute atomic E-state index is 0.0226. The van der Waals surface area contributed by atoms with Crippen molar-refractivity contribution in [3.8, 4) is 5.75 Å². The number of thiophene rings is 1. The lowest BCUT2D eigenvalue weighted by Gasteiger charge is -2.16. The van der Waals surface area contributed by atoms with Gasteiger partial charge in [-0.05, 0) is 49.9 Å². The van der Waals surface area contributed by atoms with Crippen molar-refractivity contribution in [1.29, 1.82) is 0 Å². The summed E-state index contributed by atoms with van der Waals surface area (Å²) < 4.78 is 11.0. The Morgan fingerprint density at radius 1 is 1.31 bits per heavy atom. The van der Waals surface area contributed by atoms with E-state index in [-0.39, 0.29) is 11.9 Å². The molecule has 1 unspecified atom stereocenters. The molecular formula is C20H22N2O3S. The topological polar surface area (TPSA) is 64.4 Å². The first-order valence-electron chi connectivity index (χ1n) is 8.57. The van der Waals surface area contributed by atoms with Gasteiger partial charge >= 0.3 is 0 Å². The van der Waals surface area contributed by atoms with E-state index in [9.17, 15) is 4.79 Å². The quantitative estimate of drug-likeness (QED) is 0.648.